The van der Waals surface area contributed by atoms with Gasteiger partial charge in [-0.05, 0) is 43.5 Å². The van der Waals surface area contributed by atoms with Gasteiger partial charge < -0.3 is 9.64 Å². The van der Waals surface area contributed by atoms with Crippen molar-refractivity contribution in [3.63, 3.8) is 0 Å². The zero-order valence-corrected chi connectivity index (χ0v) is 14.1. The molecule has 0 bridgehead atoms. The molecule has 5 nitrogen and oxygen atoms in total. The average molecular weight is 349 g/mol. The second-order valence-electron chi connectivity index (χ2n) is 6.33. The van der Waals surface area contributed by atoms with E-state index >= 15 is 0 Å². The van der Waals surface area contributed by atoms with Crippen molar-refractivity contribution in [1.82, 2.24) is 14.7 Å². The summed E-state index contributed by atoms with van der Waals surface area (Å²) in [6.45, 7) is 0.744. The third kappa shape index (κ3) is 4.15. The quantitative estimate of drug-likeness (QED) is 0.830. The maximum absolute atomic E-state index is 12.9. The molecule has 1 aliphatic heterocycles. The van der Waals surface area contributed by atoms with Gasteiger partial charge in [0.2, 0.25) is 0 Å². The van der Waals surface area contributed by atoms with Crippen molar-refractivity contribution in [2.75, 3.05) is 19.7 Å². The predicted octanol–water partition coefficient (Wildman–Crippen LogP) is 3.52. The normalized spacial score (nSPS) is 17.8. The maximum Gasteiger partial charge on any atom is 0.333 e. The number of benzene rings is 1. The Bertz CT molecular complexity index is 733. The molecule has 1 amide bonds. The molecule has 134 valence electrons. The minimum absolute atomic E-state index is 0.0738. The highest BCUT2D eigenvalue weighted by Gasteiger charge is 2.28. The van der Waals surface area contributed by atoms with Crippen molar-refractivity contribution >= 4 is 5.91 Å². The molecular weight excluding hydrogens is 328 g/mol. The second kappa shape index (κ2) is 7.63. The molecule has 0 N–H and O–H groups in total. The first-order chi connectivity index (χ1) is 12.0. The van der Waals surface area contributed by atoms with Gasteiger partial charge in [0.1, 0.15) is 11.4 Å². The lowest BCUT2D eigenvalue weighted by Gasteiger charge is -2.32. The summed E-state index contributed by atoms with van der Waals surface area (Å²) in [6.07, 6.45) is 3.00. The largest absolute Gasteiger partial charge is 0.493 e. The van der Waals surface area contributed by atoms with Crippen LogP contribution in [0.3, 0.4) is 0 Å². The third-order valence-electron chi connectivity index (χ3n) is 4.36. The average Bonchev–Trinajstić information content (AvgIpc) is 3.10. The van der Waals surface area contributed by atoms with Crippen molar-refractivity contribution in [2.45, 2.75) is 26.3 Å². The molecular formula is C18H21F2N3O2. The van der Waals surface area contributed by atoms with Gasteiger partial charge in [-0.15, -0.1) is 0 Å². The number of piperidine rings is 1. The topological polar surface area (TPSA) is 47.4 Å². The standard InChI is InChI=1S/C18H21F2N3O2/c1-13-4-2-6-15(10-13)25-12-14-5-3-9-22(11-14)17(24)16-7-8-21-23(16)18(19)20/h2,4,6-8,10,14,18H,3,5,9,11-12H2,1H3/t14-/m1/s1. The summed E-state index contributed by atoms with van der Waals surface area (Å²) in [6, 6.07) is 9.14. The first-order valence-corrected chi connectivity index (χ1v) is 8.35. The van der Waals surface area contributed by atoms with Crippen LogP contribution in [0.1, 0.15) is 35.4 Å². The molecule has 1 fully saturated rings. The highest BCUT2D eigenvalue weighted by Crippen LogP contribution is 2.22. The number of hydrogen-bond acceptors (Lipinski definition) is 3. The van der Waals surface area contributed by atoms with E-state index in [4.69, 9.17) is 4.74 Å². The minimum atomic E-state index is -2.82. The van der Waals surface area contributed by atoms with Gasteiger partial charge in [-0.1, -0.05) is 12.1 Å². The molecule has 2 aromatic rings. The molecule has 1 aromatic heterocycles. The Balaban J connectivity index is 1.61. The van der Waals surface area contributed by atoms with Crippen molar-refractivity contribution in [2.24, 2.45) is 5.92 Å². The molecule has 25 heavy (non-hydrogen) atoms. The Morgan fingerprint density at radius 2 is 2.24 bits per heavy atom. The van der Waals surface area contributed by atoms with Crippen LogP contribution in [0.25, 0.3) is 0 Å². The number of halogens is 2. The lowest BCUT2D eigenvalue weighted by atomic mass is 9.98. The summed E-state index contributed by atoms with van der Waals surface area (Å²) < 4.78 is 32.1. The monoisotopic (exact) mass is 349 g/mol. The van der Waals surface area contributed by atoms with Crippen LogP contribution in [0.4, 0.5) is 8.78 Å². The first-order valence-electron chi connectivity index (χ1n) is 8.35. The molecule has 3 rings (SSSR count). The number of alkyl halides is 2. The smallest absolute Gasteiger partial charge is 0.333 e. The number of likely N-dealkylation sites (tertiary alicyclic amines) is 1. The van der Waals surface area contributed by atoms with E-state index in [1.165, 1.54) is 12.3 Å². The van der Waals surface area contributed by atoms with Gasteiger partial charge in [0, 0.05) is 25.2 Å². The zero-order valence-electron chi connectivity index (χ0n) is 14.1. The third-order valence-corrected chi connectivity index (χ3v) is 4.36. The molecule has 0 unspecified atom stereocenters. The number of ether oxygens (including phenoxy) is 1. The van der Waals surface area contributed by atoms with Crippen LogP contribution in [0.15, 0.2) is 36.5 Å². The minimum Gasteiger partial charge on any atom is -0.493 e. The van der Waals surface area contributed by atoms with Gasteiger partial charge in [0.25, 0.3) is 5.91 Å². The van der Waals surface area contributed by atoms with E-state index in [1.807, 2.05) is 31.2 Å². The predicted molar refractivity (Wildman–Crippen MR) is 88.8 cm³/mol. The van der Waals surface area contributed by atoms with E-state index in [-0.39, 0.29) is 11.6 Å². The van der Waals surface area contributed by atoms with Gasteiger partial charge in [-0.25, -0.2) is 0 Å². The van der Waals surface area contributed by atoms with Gasteiger partial charge in [0.05, 0.1) is 6.61 Å². The lowest BCUT2D eigenvalue weighted by molar-refractivity contribution is 0.0425. The summed E-state index contributed by atoms with van der Waals surface area (Å²) >= 11 is 0. The van der Waals surface area contributed by atoms with E-state index in [0.29, 0.717) is 24.4 Å². The van der Waals surface area contributed by atoms with E-state index < -0.39 is 12.5 Å². The zero-order chi connectivity index (χ0) is 17.8. The first kappa shape index (κ1) is 17.4. The number of carbonyl (C=O) groups excluding carboxylic acids is 1. The molecule has 0 saturated carbocycles. The number of hydrogen-bond donors (Lipinski definition) is 0. The molecule has 1 saturated heterocycles. The van der Waals surface area contributed by atoms with Crippen molar-refractivity contribution in [1.29, 1.82) is 0 Å². The SMILES string of the molecule is Cc1cccc(OC[C@@H]2CCCN(C(=O)c3ccnn3C(F)F)C2)c1. The van der Waals surface area contributed by atoms with Crippen LogP contribution in [0.5, 0.6) is 5.75 Å². The van der Waals surface area contributed by atoms with Crippen LogP contribution in [0, 0.1) is 12.8 Å². The number of nitrogens with zero attached hydrogens (tertiary/aromatic N) is 3. The van der Waals surface area contributed by atoms with Crippen molar-refractivity contribution in [3.05, 3.63) is 47.8 Å². The number of carbonyl (C=O) groups is 1. The highest BCUT2D eigenvalue weighted by molar-refractivity contribution is 5.92. The highest BCUT2D eigenvalue weighted by atomic mass is 19.3. The fraction of sp³-hybridized carbons (Fsp3) is 0.444. The van der Waals surface area contributed by atoms with E-state index in [9.17, 15) is 13.6 Å². The van der Waals surface area contributed by atoms with E-state index in [1.54, 1.807) is 4.90 Å². The Morgan fingerprint density at radius 3 is 3.00 bits per heavy atom. The van der Waals surface area contributed by atoms with Gasteiger partial charge in [-0.2, -0.15) is 18.6 Å². The number of rotatable bonds is 5. The lowest BCUT2D eigenvalue weighted by Crippen LogP contribution is -2.42. The van der Waals surface area contributed by atoms with Gasteiger partial charge >= 0.3 is 6.55 Å². The van der Waals surface area contributed by atoms with E-state index in [0.717, 1.165) is 24.2 Å². The summed E-state index contributed by atoms with van der Waals surface area (Å²) in [4.78, 5) is 14.2. The summed E-state index contributed by atoms with van der Waals surface area (Å²) in [5.74, 6) is 0.582. The van der Waals surface area contributed by atoms with Crippen LogP contribution in [-0.4, -0.2) is 40.3 Å². The molecule has 2 heterocycles. The van der Waals surface area contributed by atoms with E-state index in [2.05, 4.69) is 5.10 Å². The summed E-state index contributed by atoms with van der Waals surface area (Å²) in [7, 11) is 0. The maximum atomic E-state index is 12.9. The van der Waals surface area contributed by atoms with Gasteiger partial charge in [-0.3, -0.25) is 4.79 Å². The molecule has 0 radical (unpaired) electrons. The molecule has 7 heteroatoms. The Kier molecular flexibility index (Phi) is 5.31. The van der Waals surface area contributed by atoms with Crippen LogP contribution in [-0.2, 0) is 0 Å². The van der Waals surface area contributed by atoms with Crippen molar-refractivity contribution in [3.8, 4) is 5.75 Å². The van der Waals surface area contributed by atoms with Gasteiger partial charge in [0.15, 0.2) is 0 Å². The van der Waals surface area contributed by atoms with Crippen molar-refractivity contribution < 1.29 is 18.3 Å². The van der Waals surface area contributed by atoms with Crippen LogP contribution < -0.4 is 4.74 Å². The van der Waals surface area contributed by atoms with Crippen LogP contribution >= 0.6 is 0 Å². The fourth-order valence-corrected chi connectivity index (χ4v) is 3.11. The molecule has 0 spiro atoms. The van der Waals surface area contributed by atoms with Crippen LogP contribution in [0.2, 0.25) is 0 Å². The number of amides is 1. The number of aryl methyl sites for hydroxylation is 1. The molecule has 1 atom stereocenters. The Hall–Kier alpha value is -2.44. The molecule has 1 aromatic carbocycles. The summed E-state index contributed by atoms with van der Waals surface area (Å²) in [5, 5.41) is 3.53. The fourth-order valence-electron chi connectivity index (χ4n) is 3.11. The molecule has 1 aliphatic rings. The summed E-state index contributed by atoms with van der Waals surface area (Å²) in [5.41, 5.74) is 1.05. The second-order valence-corrected chi connectivity index (χ2v) is 6.33. The Labute approximate surface area is 145 Å². The Morgan fingerprint density at radius 1 is 1.40 bits per heavy atom. The molecule has 0 aliphatic carbocycles. The number of aromatic nitrogens is 2.